The van der Waals surface area contributed by atoms with Crippen molar-refractivity contribution in [3.63, 3.8) is 0 Å². The Morgan fingerprint density at radius 2 is 1.04 bits per heavy atom. The van der Waals surface area contributed by atoms with Gasteiger partial charge in [0, 0.05) is 11.8 Å². The average Bonchev–Trinajstić information content (AvgIpc) is 2.38. The number of thiol groups is 1. The van der Waals surface area contributed by atoms with Crippen LogP contribution in [0.4, 0.5) is 25.2 Å². The topological polar surface area (TPSA) is 0 Å². The molecule has 0 nitrogen and oxygen atoms in total. The van der Waals surface area contributed by atoms with Crippen molar-refractivity contribution >= 4 is 19.6 Å². The van der Waals surface area contributed by atoms with Gasteiger partial charge in [-0.1, -0.05) is 43.7 Å². The molecule has 0 bridgehead atoms. The Kier molecular flexibility index (Phi) is 5.73. The van der Waals surface area contributed by atoms with E-state index in [1.54, 1.807) is 0 Å². The molecule has 2 rings (SSSR count). The fraction of sp³-hybridized carbons (Fsp3) is 0.250. The van der Waals surface area contributed by atoms with Crippen molar-refractivity contribution in [1.82, 2.24) is 0 Å². The maximum absolute atomic E-state index is 10.7. The van der Waals surface area contributed by atoms with E-state index in [9.17, 15) is 25.2 Å². The van der Waals surface area contributed by atoms with Crippen LogP contribution in [0.2, 0.25) is 0 Å². The molecule has 136 valence electrons. The van der Waals surface area contributed by atoms with E-state index in [0.29, 0.717) is 5.92 Å². The number of halogens is 6. The van der Waals surface area contributed by atoms with Gasteiger partial charge in [0.1, 0.15) is 0 Å². The van der Waals surface area contributed by atoms with Crippen LogP contribution in [0.15, 0.2) is 58.3 Å². The van der Waals surface area contributed by atoms with E-state index in [4.69, 9.17) is 0 Å². The summed E-state index contributed by atoms with van der Waals surface area (Å²) in [6, 6.07) is 17.7. The third kappa shape index (κ3) is 11.4. The first-order valence-electron chi connectivity index (χ1n) is 7.05. The Hall–Kier alpha value is -1.20. The van der Waals surface area contributed by atoms with Gasteiger partial charge in [0.15, 0.2) is 9.79 Å². The van der Waals surface area contributed by atoms with Crippen LogP contribution in [0.5, 0.6) is 0 Å². The molecule has 0 unspecified atom stereocenters. The van der Waals surface area contributed by atoms with Gasteiger partial charge < -0.3 is 0 Å². The van der Waals surface area contributed by atoms with Crippen LogP contribution in [0, 0.1) is 6.92 Å². The maximum atomic E-state index is 9.87. The van der Waals surface area contributed by atoms with Crippen LogP contribution in [0.1, 0.15) is 30.9 Å². The second-order valence-electron chi connectivity index (χ2n) is 5.65. The van der Waals surface area contributed by atoms with Gasteiger partial charge >= 0.3 is 33.0 Å². The summed E-state index contributed by atoms with van der Waals surface area (Å²) in [5.74, 6) is 0.611. The van der Waals surface area contributed by atoms with Crippen molar-refractivity contribution in [3.05, 3.63) is 59.7 Å². The van der Waals surface area contributed by atoms with Gasteiger partial charge in [0.25, 0.3) is 0 Å². The van der Waals surface area contributed by atoms with Crippen LogP contribution in [0.3, 0.4) is 0 Å². The second-order valence-corrected chi connectivity index (χ2v) is 8.82. The summed E-state index contributed by atoms with van der Waals surface area (Å²) in [6.45, 7) is 6.58. The number of benzene rings is 2. The van der Waals surface area contributed by atoms with Crippen LogP contribution in [-0.4, -0.2) is 0 Å². The number of rotatable bonds is 3. The molecular weight excluding hydrogens is 369 g/mol. The van der Waals surface area contributed by atoms with Gasteiger partial charge in [-0.2, -0.15) is 0 Å². The molecule has 0 amide bonds. The Labute approximate surface area is 141 Å². The summed E-state index contributed by atoms with van der Waals surface area (Å²) in [5.41, 5.74) is 2.73. The first-order chi connectivity index (χ1) is 10.6. The molecule has 24 heavy (non-hydrogen) atoms. The minimum absolute atomic E-state index is 0.611. The molecule has 0 aliphatic rings. The van der Waals surface area contributed by atoms with Crippen molar-refractivity contribution in [2.24, 2.45) is 0 Å². The zero-order valence-electron chi connectivity index (χ0n) is 13.4. The van der Waals surface area contributed by atoms with Crippen LogP contribution in [-0.2, 0) is 11.8 Å². The van der Waals surface area contributed by atoms with E-state index in [1.807, 2.05) is 0 Å². The van der Waals surface area contributed by atoms with Crippen LogP contribution < -0.4 is 0 Å². The standard InChI is InChI=1S/C16H18S.F6P/c1-12(2)14-6-10-16(11-7-14)17-15-8-4-13(3)5-9-15;1-7(2,3,4,5)6/h4-12H,1-3H3;/q;-1/p+1. The summed E-state index contributed by atoms with van der Waals surface area (Å²) >= 11 is 1.29. The van der Waals surface area contributed by atoms with Crippen molar-refractivity contribution in [1.29, 1.82) is 0 Å². The number of hydrogen-bond acceptors (Lipinski definition) is 0. The molecule has 8 heteroatoms. The van der Waals surface area contributed by atoms with Crippen molar-refractivity contribution in [2.75, 3.05) is 0 Å². The fourth-order valence-corrected chi connectivity index (χ4v) is 2.60. The average molecular weight is 388 g/mol. The van der Waals surface area contributed by atoms with E-state index < -0.39 is 7.81 Å². The Morgan fingerprint density at radius 1 is 0.708 bits per heavy atom. The second kappa shape index (κ2) is 6.60. The van der Waals surface area contributed by atoms with Crippen LogP contribution in [0.25, 0.3) is 0 Å². The Bertz CT molecular complexity index is 649. The molecule has 0 aromatic heterocycles. The SMILES string of the molecule is Cc1ccc([SH+]c2ccc(C(C)C)cc2)cc1.F[P-](F)(F)(F)(F)F. The van der Waals surface area contributed by atoms with Crippen molar-refractivity contribution < 1.29 is 25.2 Å². The number of hydrogen-bond donors (Lipinski definition) is 0. The molecule has 0 N–H and O–H groups in total. The summed E-state index contributed by atoms with van der Waals surface area (Å²) in [4.78, 5) is 2.71. The van der Waals surface area contributed by atoms with E-state index in [1.165, 1.54) is 32.7 Å². The van der Waals surface area contributed by atoms with E-state index >= 15 is 0 Å². The van der Waals surface area contributed by atoms with Gasteiger partial charge in [0.05, 0.1) is 0 Å². The van der Waals surface area contributed by atoms with Crippen LogP contribution >= 0.6 is 7.81 Å². The van der Waals surface area contributed by atoms with E-state index in [2.05, 4.69) is 69.3 Å². The van der Waals surface area contributed by atoms with Gasteiger partial charge in [-0.3, -0.25) is 0 Å². The molecule has 0 radical (unpaired) electrons. The molecule has 2 aromatic rings. The monoisotopic (exact) mass is 388 g/mol. The first-order valence-corrected chi connectivity index (χ1v) is 9.97. The number of aryl methyl sites for hydroxylation is 1. The van der Waals surface area contributed by atoms with Gasteiger partial charge in [0.2, 0.25) is 0 Å². The molecule has 0 spiro atoms. The molecule has 0 heterocycles. The zero-order chi connectivity index (χ0) is 18.7. The van der Waals surface area contributed by atoms with Gasteiger partial charge in [-0.15, -0.1) is 0 Å². The summed E-state index contributed by atoms with van der Waals surface area (Å²) in [7, 11) is -10.7. The molecule has 0 fully saturated rings. The molecular formula is C16H19F6PS. The molecule has 0 saturated carbocycles. The summed E-state index contributed by atoms with van der Waals surface area (Å²) < 4.78 is 59.2. The Balaban J connectivity index is 0.000000351. The summed E-state index contributed by atoms with van der Waals surface area (Å²) in [6.07, 6.45) is 0. The van der Waals surface area contributed by atoms with E-state index in [-0.39, 0.29) is 0 Å². The van der Waals surface area contributed by atoms with Crippen molar-refractivity contribution in [3.8, 4) is 0 Å². The minimum atomic E-state index is -10.7. The predicted molar refractivity (Wildman–Crippen MR) is 90.6 cm³/mol. The third-order valence-electron chi connectivity index (χ3n) is 2.85. The molecule has 0 aliphatic carbocycles. The zero-order valence-corrected chi connectivity index (χ0v) is 15.1. The third-order valence-corrected chi connectivity index (χ3v) is 3.96. The normalized spacial score (nSPS) is 14.4. The van der Waals surface area contributed by atoms with Gasteiger partial charge in [-0.05, 0) is 42.7 Å². The quantitative estimate of drug-likeness (QED) is 0.218. The predicted octanol–water partition coefficient (Wildman–Crippen LogP) is 7.73. The Morgan fingerprint density at radius 3 is 1.38 bits per heavy atom. The summed E-state index contributed by atoms with van der Waals surface area (Å²) in [5, 5.41) is 0. The molecule has 0 saturated heterocycles. The molecule has 0 atom stereocenters. The van der Waals surface area contributed by atoms with Crippen molar-refractivity contribution in [2.45, 2.75) is 36.5 Å². The molecule has 2 aromatic carbocycles. The fourth-order valence-electron chi connectivity index (χ4n) is 1.70. The first kappa shape index (κ1) is 20.8. The molecule has 0 aliphatic heterocycles. The van der Waals surface area contributed by atoms with E-state index in [0.717, 1.165) is 0 Å². The van der Waals surface area contributed by atoms with Gasteiger partial charge in [-0.25, -0.2) is 0 Å².